The Kier molecular flexibility index (Phi) is 3.26. The van der Waals surface area contributed by atoms with E-state index >= 15 is 0 Å². The Labute approximate surface area is 89.7 Å². The Balaban J connectivity index is 1.84. The van der Waals surface area contributed by atoms with E-state index in [2.05, 4.69) is 10.4 Å². The predicted octanol–water partition coefficient (Wildman–Crippen LogP) is 0.646. The fourth-order valence-electron chi connectivity index (χ4n) is 2.21. The van der Waals surface area contributed by atoms with Crippen LogP contribution in [0.5, 0.6) is 0 Å². The molecule has 0 atom stereocenters. The van der Waals surface area contributed by atoms with Gasteiger partial charge in [-0.1, -0.05) is 0 Å². The average Bonchev–Trinajstić information content (AvgIpc) is 2.57. The van der Waals surface area contributed by atoms with Crippen molar-refractivity contribution in [1.82, 2.24) is 15.1 Å². The summed E-state index contributed by atoms with van der Waals surface area (Å²) in [5.41, 5.74) is 1.14. The van der Waals surface area contributed by atoms with Crippen molar-refractivity contribution >= 4 is 0 Å². The average molecular weight is 209 g/mol. The summed E-state index contributed by atoms with van der Waals surface area (Å²) >= 11 is 0. The molecule has 0 saturated carbocycles. The summed E-state index contributed by atoms with van der Waals surface area (Å²) in [6, 6.07) is 1.71. The fraction of sp³-hybridized carbons (Fsp3) is 0.727. The molecule has 1 aromatic heterocycles. The maximum Gasteiger partial charge on any atom is 0.266 e. The number of H-pyrrole nitrogens is 1. The van der Waals surface area contributed by atoms with Gasteiger partial charge in [-0.15, -0.1) is 0 Å². The number of aryl methyl sites for hydroxylation is 2. The first-order chi connectivity index (χ1) is 7.25. The van der Waals surface area contributed by atoms with Crippen LogP contribution in [0.25, 0.3) is 0 Å². The second-order valence-electron chi connectivity index (χ2n) is 4.41. The smallest absolute Gasteiger partial charge is 0.266 e. The first kappa shape index (κ1) is 10.5. The Morgan fingerprint density at radius 1 is 1.47 bits per heavy atom. The van der Waals surface area contributed by atoms with Gasteiger partial charge >= 0.3 is 0 Å². The van der Waals surface area contributed by atoms with Crippen LogP contribution in [-0.2, 0) is 13.5 Å². The fourth-order valence-corrected chi connectivity index (χ4v) is 2.21. The molecule has 0 aliphatic carbocycles. The van der Waals surface area contributed by atoms with Crippen LogP contribution in [0.1, 0.15) is 25.0 Å². The highest BCUT2D eigenvalue weighted by molar-refractivity contribution is 4.99. The van der Waals surface area contributed by atoms with E-state index in [1.807, 2.05) is 0 Å². The van der Waals surface area contributed by atoms with Crippen LogP contribution in [0.2, 0.25) is 0 Å². The molecule has 2 heterocycles. The minimum Gasteiger partial charge on any atom is -0.317 e. The van der Waals surface area contributed by atoms with Gasteiger partial charge in [0.15, 0.2) is 0 Å². The molecule has 4 nitrogen and oxygen atoms in total. The van der Waals surface area contributed by atoms with Gasteiger partial charge in [0.05, 0.1) is 0 Å². The minimum absolute atomic E-state index is 0.0651. The van der Waals surface area contributed by atoms with Gasteiger partial charge in [-0.3, -0.25) is 14.6 Å². The van der Waals surface area contributed by atoms with E-state index in [1.165, 1.54) is 23.9 Å². The summed E-state index contributed by atoms with van der Waals surface area (Å²) in [6.45, 7) is 2.30. The van der Waals surface area contributed by atoms with Crippen LogP contribution in [0.4, 0.5) is 0 Å². The first-order valence-electron chi connectivity index (χ1n) is 5.71. The molecule has 0 spiro atoms. The molecule has 1 saturated heterocycles. The third kappa shape index (κ3) is 2.72. The Morgan fingerprint density at radius 3 is 2.80 bits per heavy atom. The lowest BCUT2D eigenvalue weighted by Crippen LogP contribution is -2.27. The maximum atomic E-state index is 11.2. The number of hydrogen-bond acceptors (Lipinski definition) is 2. The highest BCUT2D eigenvalue weighted by Gasteiger charge is 2.13. The van der Waals surface area contributed by atoms with E-state index in [9.17, 15) is 4.79 Å². The van der Waals surface area contributed by atoms with E-state index in [0.717, 1.165) is 31.1 Å². The van der Waals surface area contributed by atoms with Crippen LogP contribution in [-0.4, -0.2) is 22.9 Å². The van der Waals surface area contributed by atoms with Crippen molar-refractivity contribution in [3.8, 4) is 0 Å². The molecular formula is C11H19N3O. The molecule has 0 aromatic carbocycles. The van der Waals surface area contributed by atoms with Gasteiger partial charge in [0.1, 0.15) is 0 Å². The largest absolute Gasteiger partial charge is 0.317 e. The van der Waals surface area contributed by atoms with Crippen LogP contribution in [0.3, 0.4) is 0 Å². The summed E-state index contributed by atoms with van der Waals surface area (Å²) in [4.78, 5) is 11.2. The van der Waals surface area contributed by atoms with Crippen LogP contribution < -0.4 is 10.9 Å². The monoisotopic (exact) mass is 209 g/mol. The highest BCUT2D eigenvalue weighted by atomic mass is 16.1. The molecule has 4 heteroatoms. The predicted molar refractivity (Wildman–Crippen MR) is 59.9 cm³/mol. The van der Waals surface area contributed by atoms with Gasteiger partial charge in [-0.2, -0.15) is 0 Å². The quantitative estimate of drug-likeness (QED) is 0.767. The van der Waals surface area contributed by atoms with Crippen molar-refractivity contribution in [1.29, 1.82) is 0 Å². The molecule has 15 heavy (non-hydrogen) atoms. The number of nitrogens with one attached hydrogen (secondary N) is 2. The molecule has 0 amide bonds. The van der Waals surface area contributed by atoms with Crippen molar-refractivity contribution < 1.29 is 0 Å². The van der Waals surface area contributed by atoms with Crippen molar-refractivity contribution in [2.45, 2.75) is 25.7 Å². The second kappa shape index (κ2) is 4.66. The van der Waals surface area contributed by atoms with Gasteiger partial charge in [0, 0.05) is 18.8 Å². The summed E-state index contributed by atoms with van der Waals surface area (Å²) in [5, 5.41) is 6.44. The number of nitrogens with zero attached hydrogens (tertiary/aromatic N) is 1. The zero-order chi connectivity index (χ0) is 10.7. The van der Waals surface area contributed by atoms with Gasteiger partial charge in [0.25, 0.3) is 5.56 Å². The van der Waals surface area contributed by atoms with Crippen molar-refractivity contribution in [3.05, 3.63) is 22.1 Å². The summed E-state index contributed by atoms with van der Waals surface area (Å²) in [6.07, 6.45) is 4.75. The normalized spacial score (nSPS) is 18.2. The third-order valence-electron chi connectivity index (χ3n) is 3.22. The highest BCUT2D eigenvalue weighted by Crippen LogP contribution is 2.17. The topological polar surface area (TPSA) is 49.8 Å². The standard InChI is InChI=1S/C11H19N3O/c1-14-11(15)8-10(13-14)3-2-9-4-6-12-7-5-9/h8-9,12-13H,2-7H2,1H3. The molecule has 1 aliphatic rings. The molecular weight excluding hydrogens is 190 g/mol. The number of hydrogen-bond donors (Lipinski definition) is 2. The Hall–Kier alpha value is -1.03. The van der Waals surface area contributed by atoms with Gasteiger partial charge in [-0.05, 0) is 44.7 Å². The SMILES string of the molecule is Cn1[nH]c(CCC2CCNCC2)cc1=O. The molecule has 1 aliphatic heterocycles. The number of piperidine rings is 1. The third-order valence-corrected chi connectivity index (χ3v) is 3.22. The molecule has 0 unspecified atom stereocenters. The van der Waals surface area contributed by atoms with Gasteiger partial charge < -0.3 is 5.32 Å². The molecule has 84 valence electrons. The molecule has 0 radical (unpaired) electrons. The lowest BCUT2D eigenvalue weighted by molar-refractivity contribution is 0.353. The van der Waals surface area contributed by atoms with E-state index in [1.54, 1.807) is 13.1 Å². The summed E-state index contributed by atoms with van der Waals surface area (Å²) in [7, 11) is 1.76. The van der Waals surface area contributed by atoms with Crippen LogP contribution >= 0.6 is 0 Å². The molecule has 1 fully saturated rings. The minimum atomic E-state index is 0.0651. The van der Waals surface area contributed by atoms with E-state index in [-0.39, 0.29) is 5.56 Å². The zero-order valence-electron chi connectivity index (χ0n) is 9.25. The lowest BCUT2D eigenvalue weighted by Gasteiger charge is -2.22. The van der Waals surface area contributed by atoms with Crippen molar-refractivity contribution in [2.24, 2.45) is 13.0 Å². The van der Waals surface area contributed by atoms with E-state index < -0.39 is 0 Å². The summed E-state index contributed by atoms with van der Waals surface area (Å²) < 4.78 is 1.54. The first-order valence-corrected chi connectivity index (χ1v) is 5.71. The van der Waals surface area contributed by atoms with E-state index in [0.29, 0.717) is 0 Å². The van der Waals surface area contributed by atoms with Gasteiger partial charge in [0.2, 0.25) is 0 Å². The zero-order valence-corrected chi connectivity index (χ0v) is 9.25. The Morgan fingerprint density at radius 2 is 2.20 bits per heavy atom. The number of aromatic amines is 1. The molecule has 2 N–H and O–H groups in total. The van der Waals surface area contributed by atoms with Crippen LogP contribution in [0, 0.1) is 5.92 Å². The Bertz CT molecular complexity index is 360. The lowest BCUT2D eigenvalue weighted by atomic mass is 9.93. The maximum absolute atomic E-state index is 11.2. The molecule has 0 bridgehead atoms. The summed E-state index contributed by atoms with van der Waals surface area (Å²) in [5.74, 6) is 0.829. The number of aromatic nitrogens is 2. The van der Waals surface area contributed by atoms with E-state index in [4.69, 9.17) is 0 Å². The molecule has 2 rings (SSSR count). The second-order valence-corrected chi connectivity index (χ2v) is 4.41. The van der Waals surface area contributed by atoms with Gasteiger partial charge in [-0.25, -0.2) is 0 Å². The molecule has 1 aromatic rings. The van der Waals surface area contributed by atoms with Crippen molar-refractivity contribution in [2.75, 3.05) is 13.1 Å². The van der Waals surface area contributed by atoms with Crippen molar-refractivity contribution in [3.63, 3.8) is 0 Å². The van der Waals surface area contributed by atoms with Crippen LogP contribution in [0.15, 0.2) is 10.9 Å². The number of rotatable bonds is 3.